The lowest BCUT2D eigenvalue weighted by atomic mass is 10.1. The fraction of sp³-hybridized carbons (Fsp3) is 0.200. The van der Waals surface area contributed by atoms with Gasteiger partial charge in [0.2, 0.25) is 0 Å². The number of nitrogens with one attached hydrogen (secondary N) is 1. The first-order valence-electron chi connectivity index (χ1n) is 8.35. The van der Waals surface area contributed by atoms with E-state index in [9.17, 15) is 9.59 Å². The lowest BCUT2D eigenvalue weighted by molar-refractivity contribution is -0.119. The number of hydrogen-bond acceptors (Lipinski definition) is 5. The summed E-state index contributed by atoms with van der Waals surface area (Å²) in [5.41, 5.74) is 4.12. The molecule has 1 aromatic heterocycles. The molecule has 6 heteroatoms. The molecule has 0 radical (unpaired) electrons. The molecule has 26 heavy (non-hydrogen) atoms. The fourth-order valence-corrected chi connectivity index (χ4v) is 2.64. The van der Waals surface area contributed by atoms with Crippen LogP contribution in [0.2, 0.25) is 0 Å². The molecule has 132 valence electrons. The Bertz CT molecular complexity index is 969. The van der Waals surface area contributed by atoms with Crippen molar-refractivity contribution in [1.82, 2.24) is 9.97 Å². The zero-order valence-corrected chi connectivity index (χ0v) is 14.7. The molecule has 0 spiro atoms. The molecule has 0 saturated heterocycles. The van der Waals surface area contributed by atoms with E-state index in [1.807, 2.05) is 44.2 Å². The maximum absolute atomic E-state index is 12.2. The second kappa shape index (κ2) is 7.74. The molecule has 1 heterocycles. The number of nitrogens with zero attached hydrogens (tertiary/aromatic N) is 2. The minimum Gasteiger partial charge on any atom is -0.451 e. The summed E-state index contributed by atoms with van der Waals surface area (Å²) in [6, 6.07) is 13.0. The Morgan fingerprint density at radius 3 is 2.62 bits per heavy atom. The molecule has 2 aromatic carbocycles. The standard InChI is InChI=1S/C20H19N3O3/c1-3-14-8-6-7-13(2)19(14)23-18(24)12-26-20(25)17-11-21-15-9-4-5-10-16(15)22-17/h4-11H,3,12H2,1-2H3,(H,23,24). The summed E-state index contributed by atoms with van der Waals surface area (Å²) in [6.07, 6.45) is 2.14. The Morgan fingerprint density at radius 2 is 1.85 bits per heavy atom. The number of rotatable bonds is 5. The topological polar surface area (TPSA) is 81.2 Å². The van der Waals surface area contributed by atoms with Crippen molar-refractivity contribution in [3.63, 3.8) is 0 Å². The molecule has 0 fully saturated rings. The first-order valence-corrected chi connectivity index (χ1v) is 8.35. The quantitative estimate of drug-likeness (QED) is 0.715. The Labute approximate surface area is 151 Å². The molecule has 3 rings (SSSR count). The van der Waals surface area contributed by atoms with Gasteiger partial charge in [0.05, 0.1) is 17.2 Å². The normalized spacial score (nSPS) is 10.5. The largest absolute Gasteiger partial charge is 0.451 e. The fourth-order valence-electron chi connectivity index (χ4n) is 2.64. The van der Waals surface area contributed by atoms with E-state index in [2.05, 4.69) is 15.3 Å². The molecule has 0 aliphatic carbocycles. The van der Waals surface area contributed by atoms with E-state index >= 15 is 0 Å². The average molecular weight is 349 g/mol. The van der Waals surface area contributed by atoms with Crippen LogP contribution in [0.4, 0.5) is 5.69 Å². The molecular weight excluding hydrogens is 330 g/mol. The first-order chi connectivity index (χ1) is 12.6. The van der Waals surface area contributed by atoms with Crippen LogP contribution < -0.4 is 5.32 Å². The van der Waals surface area contributed by atoms with Crippen LogP contribution in [0.1, 0.15) is 28.5 Å². The molecule has 0 aliphatic rings. The van der Waals surface area contributed by atoms with Gasteiger partial charge in [0, 0.05) is 5.69 Å². The summed E-state index contributed by atoms with van der Waals surface area (Å²) in [5.74, 6) is -1.07. The highest BCUT2D eigenvalue weighted by Gasteiger charge is 2.14. The second-order valence-corrected chi connectivity index (χ2v) is 5.83. The van der Waals surface area contributed by atoms with E-state index in [-0.39, 0.29) is 12.3 Å². The number of anilines is 1. The van der Waals surface area contributed by atoms with Gasteiger partial charge < -0.3 is 10.1 Å². The number of fused-ring (bicyclic) bond motifs is 1. The molecular formula is C20H19N3O3. The van der Waals surface area contributed by atoms with Gasteiger partial charge in [-0.15, -0.1) is 0 Å². The highest BCUT2D eigenvalue weighted by atomic mass is 16.5. The van der Waals surface area contributed by atoms with Crippen molar-refractivity contribution in [2.75, 3.05) is 11.9 Å². The van der Waals surface area contributed by atoms with Crippen LogP contribution in [0.3, 0.4) is 0 Å². The minimum absolute atomic E-state index is 0.0710. The van der Waals surface area contributed by atoms with Crippen molar-refractivity contribution in [2.45, 2.75) is 20.3 Å². The van der Waals surface area contributed by atoms with Crippen molar-refractivity contribution in [2.24, 2.45) is 0 Å². The number of benzene rings is 2. The highest BCUT2D eigenvalue weighted by molar-refractivity contribution is 5.96. The molecule has 0 atom stereocenters. The Hall–Kier alpha value is -3.28. The van der Waals surface area contributed by atoms with Gasteiger partial charge in [0.15, 0.2) is 12.3 Å². The van der Waals surface area contributed by atoms with Crippen LogP contribution >= 0.6 is 0 Å². The lowest BCUT2D eigenvalue weighted by Crippen LogP contribution is -2.22. The van der Waals surface area contributed by atoms with E-state index in [0.717, 1.165) is 23.2 Å². The van der Waals surface area contributed by atoms with Gasteiger partial charge in [-0.25, -0.2) is 9.78 Å². The van der Waals surface area contributed by atoms with Crippen LogP contribution in [0.15, 0.2) is 48.7 Å². The third-order valence-corrected chi connectivity index (χ3v) is 4.00. The summed E-state index contributed by atoms with van der Waals surface area (Å²) in [4.78, 5) is 32.7. The van der Waals surface area contributed by atoms with Crippen LogP contribution in [-0.4, -0.2) is 28.5 Å². The molecule has 6 nitrogen and oxygen atoms in total. The van der Waals surface area contributed by atoms with Crippen molar-refractivity contribution in [1.29, 1.82) is 0 Å². The number of esters is 1. The second-order valence-electron chi connectivity index (χ2n) is 5.83. The van der Waals surface area contributed by atoms with Gasteiger partial charge >= 0.3 is 5.97 Å². The monoisotopic (exact) mass is 349 g/mol. The number of amides is 1. The number of aromatic nitrogens is 2. The summed E-state index contributed by atoms with van der Waals surface area (Å²) in [7, 11) is 0. The van der Waals surface area contributed by atoms with Gasteiger partial charge in [-0.05, 0) is 36.6 Å². The minimum atomic E-state index is -0.682. The van der Waals surface area contributed by atoms with Gasteiger partial charge in [-0.1, -0.05) is 37.3 Å². The number of aryl methyl sites for hydroxylation is 2. The highest BCUT2D eigenvalue weighted by Crippen LogP contribution is 2.21. The number of para-hydroxylation sites is 3. The van der Waals surface area contributed by atoms with E-state index in [0.29, 0.717) is 11.0 Å². The average Bonchev–Trinajstić information content (AvgIpc) is 2.67. The summed E-state index contributed by atoms with van der Waals surface area (Å²) >= 11 is 0. The third kappa shape index (κ3) is 3.85. The Kier molecular flexibility index (Phi) is 5.22. The van der Waals surface area contributed by atoms with Crippen molar-refractivity contribution in [3.8, 4) is 0 Å². The summed E-state index contributed by atoms with van der Waals surface area (Å²) < 4.78 is 5.07. The van der Waals surface area contributed by atoms with Crippen LogP contribution in [-0.2, 0) is 16.0 Å². The molecule has 0 aliphatic heterocycles. The number of carbonyl (C=O) groups excluding carboxylic acids is 2. The first kappa shape index (κ1) is 17.5. The number of hydrogen-bond donors (Lipinski definition) is 1. The predicted octanol–water partition coefficient (Wildman–Crippen LogP) is 3.30. The van der Waals surface area contributed by atoms with Crippen molar-refractivity contribution in [3.05, 3.63) is 65.5 Å². The molecule has 1 amide bonds. The van der Waals surface area contributed by atoms with Crippen molar-refractivity contribution >= 4 is 28.6 Å². The molecule has 0 saturated carbocycles. The maximum Gasteiger partial charge on any atom is 0.359 e. The Balaban J connectivity index is 1.64. The number of carbonyl (C=O) groups is 2. The van der Waals surface area contributed by atoms with Crippen LogP contribution in [0, 0.1) is 6.92 Å². The van der Waals surface area contributed by atoms with E-state index < -0.39 is 11.9 Å². The smallest absolute Gasteiger partial charge is 0.359 e. The van der Waals surface area contributed by atoms with Gasteiger partial charge in [-0.3, -0.25) is 9.78 Å². The zero-order chi connectivity index (χ0) is 18.5. The summed E-state index contributed by atoms with van der Waals surface area (Å²) in [6.45, 7) is 3.55. The summed E-state index contributed by atoms with van der Waals surface area (Å²) in [5, 5.41) is 2.81. The molecule has 3 aromatic rings. The zero-order valence-electron chi connectivity index (χ0n) is 14.7. The maximum atomic E-state index is 12.2. The van der Waals surface area contributed by atoms with Gasteiger partial charge in [0.25, 0.3) is 5.91 Å². The van der Waals surface area contributed by atoms with E-state index in [1.165, 1.54) is 6.20 Å². The third-order valence-electron chi connectivity index (χ3n) is 4.00. The van der Waals surface area contributed by atoms with E-state index in [4.69, 9.17) is 4.74 Å². The number of ether oxygens (including phenoxy) is 1. The molecule has 0 unspecified atom stereocenters. The predicted molar refractivity (Wildman–Crippen MR) is 99.0 cm³/mol. The SMILES string of the molecule is CCc1cccc(C)c1NC(=O)COC(=O)c1cnc2ccccc2n1. The lowest BCUT2D eigenvalue weighted by Gasteiger charge is -2.13. The van der Waals surface area contributed by atoms with Crippen LogP contribution in [0.5, 0.6) is 0 Å². The van der Waals surface area contributed by atoms with Crippen molar-refractivity contribution < 1.29 is 14.3 Å². The van der Waals surface area contributed by atoms with Crippen LogP contribution in [0.25, 0.3) is 11.0 Å². The Morgan fingerprint density at radius 1 is 1.08 bits per heavy atom. The van der Waals surface area contributed by atoms with E-state index in [1.54, 1.807) is 12.1 Å². The molecule has 0 bridgehead atoms. The van der Waals surface area contributed by atoms with Gasteiger partial charge in [-0.2, -0.15) is 0 Å². The van der Waals surface area contributed by atoms with Gasteiger partial charge in [0.1, 0.15) is 0 Å². The molecule has 1 N–H and O–H groups in total.